The SMILES string of the molecule is O=[N+]([O-])c1c(NCCc2ccccn2)ncnc1N1CCc2c([nH]c3ccccc23)C1. The van der Waals surface area contributed by atoms with Crippen LogP contribution in [0.4, 0.5) is 17.3 Å². The third-order valence-corrected chi connectivity index (χ3v) is 5.57. The number of benzene rings is 1. The van der Waals surface area contributed by atoms with E-state index in [2.05, 4.69) is 37.4 Å². The highest BCUT2D eigenvalue weighted by Crippen LogP contribution is 2.35. The molecule has 4 heterocycles. The number of fused-ring (bicyclic) bond motifs is 3. The second-order valence-electron chi connectivity index (χ2n) is 7.45. The molecule has 156 valence electrons. The summed E-state index contributed by atoms with van der Waals surface area (Å²) in [6.45, 7) is 1.68. The number of nitrogens with one attached hydrogen (secondary N) is 2. The lowest BCUT2D eigenvalue weighted by Crippen LogP contribution is -2.31. The Morgan fingerprint density at radius 2 is 2.00 bits per heavy atom. The largest absolute Gasteiger partial charge is 0.364 e. The molecule has 5 rings (SSSR count). The summed E-state index contributed by atoms with van der Waals surface area (Å²) in [5.41, 5.74) is 4.25. The van der Waals surface area contributed by atoms with Crippen LogP contribution in [0.3, 0.4) is 0 Å². The molecule has 0 spiro atoms. The Hall–Kier alpha value is -4.01. The van der Waals surface area contributed by atoms with Crippen LogP contribution in [0.15, 0.2) is 55.0 Å². The quantitative estimate of drug-likeness (QED) is 0.366. The Morgan fingerprint density at radius 1 is 1.13 bits per heavy atom. The fraction of sp³-hybridized carbons (Fsp3) is 0.227. The minimum Gasteiger partial charge on any atom is -0.364 e. The number of para-hydroxylation sites is 1. The summed E-state index contributed by atoms with van der Waals surface area (Å²) in [5, 5.41) is 16.3. The van der Waals surface area contributed by atoms with Gasteiger partial charge in [-0.15, -0.1) is 0 Å². The molecule has 1 aliphatic heterocycles. The third kappa shape index (κ3) is 3.65. The van der Waals surface area contributed by atoms with Crippen LogP contribution < -0.4 is 10.2 Å². The van der Waals surface area contributed by atoms with Gasteiger partial charge in [-0.05, 0) is 30.2 Å². The maximum Gasteiger partial charge on any atom is 0.353 e. The first kappa shape index (κ1) is 19.0. The Bertz CT molecular complexity index is 1240. The van der Waals surface area contributed by atoms with Gasteiger partial charge in [0.1, 0.15) is 6.33 Å². The van der Waals surface area contributed by atoms with E-state index in [9.17, 15) is 10.1 Å². The lowest BCUT2D eigenvalue weighted by Gasteiger charge is -2.27. The lowest BCUT2D eigenvalue weighted by atomic mass is 10.0. The Morgan fingerprint density at radius 3 is 2.84 bits per heavy atom. The summed E-state index contributed by atoms with van der Waals surface area (Å²) in [5.74, 6) is 0.568. The second kappa shape index (κ2) is 8.02. The first-order chi connectivity index (χ1) is 15.2. The molecule has 0 unspecified atom stereocenters. The topological polar surface area (TPSA) is 113 Å². The second-order valence-corrected chi connectivity index (χ2v) is 7.45. The van der Waals surface area contributed by atoms with Gasteiger partial charge in [-0.1, -0.05) is 24.3 Å². The fourth-order valence-corrected chi connectivity index (χ4v) is 4.13. The molecule has 0 saturated carbocycles. The number of H-pyrrole nitrogens is 1. The molecule has 0 bridgehead atoms. The van der Waals surface area contributed by atoms with E-state index < -0.39 is 4.92 Å². The van der Waals surface area contributed by atoms with Crippen molar-refractivity contribution in [1.29, 1.82) is 0 Å². The van der Waals surface area contributed by atoms with Crippen molar-refractivity contribution in [3.63, 3.8) is 0 Å². The van der Waals surface area contributed by atoms with Crippen molar-refractivity contribution in [2.45, 2.75) is 19.4 Å². The zero-order valence-corrected chi connectivity index (χ0v) is 16.8. The normalized spacial score (nSPS) is 13.2. The van der Waals surface area contributed by atoms with Crippen molar-refractivity contribution in [2.75, 3.05) is 23.3 Å². The summed E-state index contributed by atoms with van der Waals surface area (Å²) in [4.78, 5) is 29.7. The van der Waals surface area contributed by atoms with Gasteiger partial charge in [0.2, 0.25) is 11.6 Å². The maximum atomic E-state index is 11.9. The number of hydrogen-bond donors (Lipinski definition) is 2. The van der Waals surface area contributed by atoms with Crippen LogP contribution in [-0.2, 0) is 19.4 Å². The van der Waals surface area contributed by atoms with Crippen LogP contribution in [0, 0.1) is 10.1 Å². The van der Waals surface area contributed by atoms with Crippen LogP contribution in [0.1, 0.15) is 17.0 Å². The summed E-state index contributed by atoms with van der Waals surface area (Å²) in [6, 6.07) is 13.9. The van der Waals surface area contributed by atoms with Gasteiger partial charge in [-0.2, -0.15) is 0 Å². The molecule has 0 amide bonds. The Balaban J connectivity index is 1.40. The molecule has 31 heavy (non-hydrogen) atoms. The number of nitro groups is 1. The molecule has 4 aromatic rings. The smallest absolute Gasteiger partial charge is 0.353 e. The molecule has 0 saturated heterocycles. The number of aromatic amines is 1. The van der Waals surface area contributed by atoms with Crippen molar-refractivity contribution in [2.24, 2.45) is 0 Å². The van der Waals surface area contributed by atoms with E-state index in [4.69, 9.17) is 0 Å². The third-order valence-electron chi connectivity index (χ3n) is 5.57. The van der Waals surface area contributed by atoms with E-state index in [1.165, 1.54) is 17.3 Å². The number of hydrogen-bond acceptors (Lipinski definition) is 7. The summed E-state index contributed by atoms with van der Waals surface area (Å²) >= 11 is 0. The van der Waals surface area contributed by atoms with Crippen molar-refractivity contribution >= 4 is 28.2 Å². The standard InChI is InChI=1S/C22H21N7O2/c30-29(31)20-21(24-11-8-15-5-3-4-10-23-15)25-14-26-22(20)28-12-9-17-16-6-1-2-7-18(16)27-19(17)13-28/h1-7,10,14,27H,8-9,11-13H2,(H,24,25,26). The first-order valence-electron chi connectivity index (χ1n) is 10.2. The fourth-order valence-electron chi connectivity index (χ4n) is 4.13. The van der Waals surface area contributed by atoms with Crippen molar-refractivity contribution in [3.8, 4) is 0 Å². The molecule has 0 aliphatic carbocycles. The number of anilines is 2. The highest BCUT2D eigenvalue weighted by molar-refractivity contribution is 5.85. The zero-order valence-electron chi connectivity index (χ0n) is 16.8. The van der Waals surface area contributed by atoms with Crippen LogP contribution in [-0.4, -0.2) is 37.9 Å². The van der Waals surface area contributed by atoms with Gasteiger partial charge in [0.15, 0.2) is 0 Å². The molecule has 1 aliphatic rings. The predicted octanol–water partition coefficient (Wildman–Crippen LogP) is 3.48. The van der Waals surface area contributed by atoms with Crippen LogP contribution in [0.2, 0.25) is 0 Å². The number of rotatable bonds is 6. The van der Waals surface area contributed by atoms with Gasteiger partial charge < -0.3 is 15.2 Å². The zero-order chi connectivity index (χ0) is 21.2. The summed E-state index contributed by atoms with van der Waals surface area (Å²) in [7, 11) is 0. The Kier molecular flexibility index (Phi) is 4.91. The monoisotopic (exact) mass is 415 g/mol. The van der Waals surface area contributed by atoms with E-state index >= 15 is 0 Å². The van der Waals surface area contributed by atoms with Crippen molar-refractivity contribution in [3.05, 3.63) is 82.1 Å². The molecule has 0 fully saturated rings. The number of nitrogens with zero attached hydrogens (tertiary/aromatic N) is 5. The molecule has 0 atom stereocenters. The molecular formula is C22H21N7O2. The molecule has 0 radical (unpaired) electrons. The number of aromatic nitrogens is 4. The summed E-state index contributed by atoms with van der Waals surface area (Å²) < 4.78 is 0. The van der Waals surface area contributed by atoms with E-state index in [1.807, 2.05) is 35.2 Å². The van der Waals surface area contributed by atoms with Gasteiger partial charge in [-0.3, -0.25) is 15.1 Å². The van der Waals surface area contributed by atoms with Gasteiger partial charge >= 0.3 is 5.69 Å². The van der Waals surface area contributed by atoms with Gasteiger partial charge in [-0.25, -0.2) is 9.97 Å². The highest BCUT2D eigenvalue weighted by atomic mass is 16.6. The average Bonchev–Trinajstić information content (AvgIpc) is 3.17. The molecule has 1 aromatic carbocycles. The minimum absolute atomic E-state index is 0.0944. The molecule has 9 nitrogen and oxygen atoms in total. The van der Waals surface area contributed by atoms with Crippen LogP contribution in [0.5, 0.6) is 0 Å². The predicted molar refractivity (Wildman–Crippen MR) is 118 cm³/mol. The number of pyridine rings is 1. The van der Waals surface area contributed by atoms with Gasteiger partial charge in [0.05, 0.1) is 11.5 Å². The molecule has 3 aromatic heterocycles. The molecular weight excluding hydrogens is 394 g/mol. The van der Waals surface area contributed by atoms with Crippen LogP contribution >= 0.6 is 0 Å². The van der Waals surface area contributed by atoms with Crippen LogP contribution in [0.25, 0.3) is 10.9 Å². The first-order valence-corrected chi connectivity index (χ1v) is 10.2. The van der Waals surface area contributed by atoms with Gasteiger partial charge in [0.25, 0.3) is 0 Å². The Labute approximate surface area is 178 Å². The van der Waals surface area contributed by atoms with Crippen molar-refractivity contribution in [1.82, 2.24) is 19.9 Å². The van der Waals surface area contributed by atoms with E-state index in [-0.39, 0.29) is 11.5 Å². The van der Waals surface area contributed by atoms with Crippen molar-refractivity contribution < 1.29 is 4.92 Å². The minimum atomic E-state index is -0.404. The maximum absolute atomic E-state index is 11.9. The van der Waals surface area contributed by atoms with E-state index in [1.54, 1.807) is 6.20 Å². The summed E-state index contributed by atoms with van der Waals surface area (Å²) in [6.07, 6.45) is 4.55. The van der Waals surface area contributed by atoms with Gasteiger partial charge in [0, 0.05) is 48.0 Å². The van der Waals surface area contributed by atoms with E-state index in [0.717, 1.165) is 23.3 Å². The highest BCUT2D eigenvalue weighted by Gasteiger charge is 2.30. The molecule has 2 N–H and O–H groups in total. The lowest BCUT2D eigenvalue weighted by molar-refractivity contribution is -0.383. The van der Waals surface area contributed by atoms with E-state index in [0.29, 0.717) is 31.9 Å². The average molecular weight is 415 g/mol. The molecule has 9 heteroatoms.